The van der Waals surface area contributed by atoms with Gasteiger partial charge in [0.15, 0.2) is 11.5 Å². The molecule has 11 heteroatoms. The number of halogens is 3. The lowest BCUT2D eigenvalue weighted by Crippen LogP contribution is -2.62. The summed E-state index contributed by atoms with van der Waals surface area (Å²) in [5.74, 6) is -2.76. The van der Waals surface area contributed by atoms with E-state index in [0.29, 0.717) is 0 Å². The van der Waals surface area contributed by atoms with Crippen molar-refractivity contribution in [3.05, 3.63) is 11.5 Å². The summed E-state index contributed by atoms with van der Waals surface area (Å²) in [6.07, 6.45) is -0.0510. The lowest BCUT2D eigenvalue weighted by Gasteiger charge is -2.49. The third-order valence-corrected chi connectivity index (χ3v) is 4.78. The highest BCUT2D eigenvalue weighted by Crippen LogP contribution is 2.42. The van der Waals surface area contributed by atoms with Crippen LogP contribution in [0.2, 0.25) is 0 Å². The topological polar surface area (TPSA) is 90.0 Å². The average molecular weight is 385 g/mol. The van der Waals surface area contributed by atoms with Crippen molar-refractivity contribution < 1.29 is 40.1 Å². The summed E-state index contributed by atoms with van der Waals surface area (Å²) in [5.41, 5.74) is -7.23. The molecule has 1 amide bonds. The molecule has 2 rings (SSSR count). The Bertz CT molecular complexity index is 735. The Balaban J connectivity index is 2.46. The van der Waals surface area contributed by atoms with Gasteiger partial charge in [0.25, 0.3) is 0 Å². The van der Waals surface area contributed by atoms with Gasteiger partial charge < -0.3 is 8.92 Å². The van der Waals surface area contributed by atoms with Crippen molar-refractivity contribution in [2.45, 2.75) is 57.7 Å². The number of esters is 1. The standard InChI is InChI=1S/C14H18F3NO6S/c1-7-8-5-6-9(24-25(21,22)14(15,16)17)10(18(8)11(7)19)12(20)23-13(2,3)4/h7-8H,5-6H2,1-4H3/t7-,8?/m0/s1. The van der Waals surface area contributed by atoms with E-state index in [9.17, 15) is 31.2 Å². The zero-order valence-corrected chi connectivity index (χ0v) is 14.8. The van der Waals surface area contributed by atoms with Gasteiger partial charge >= 0.3 is 21.6 Å². The van der Waals surface area contributed by atoms with Gasteiger partial charge in [-0.3, -0.25) is 9.69 Å². The number of carbonyl (C=O) groups is 2. The molecule has 1 saturated heterocycles. The first-order valence-corrected chi connectivity index (χ1v) is 8.87. The van der Waals surface area contributed by atoms with Crippen LogP contribution in [0.3, 0.4) is 0 Å². The second-order valence-electron chi connectivity index (χ2n) is 6.86. The van der Waals surface area contributed by atoms with E-state index in [1.54, 1.807) is 6.92 Å². The Kier molecular flexibility index (Phi) is 4.60. The summed E-state index contributed by atoms with van der Waals surface area (Å²) in [6, 6.07) is -0.407. The normalized spacial score (nSPS) is 24.6. The number of hydrogen-bond acceptors (Lipinski definition) is 6. The van der Waals surface area contributed by atoms with Crippen molar-refractivity contribution >= 4 is 22.0 Å². The number of amides is 1. The Hall–Kier alpha value is -1.78. The molecular weight excluding hydrogens is 367 g/mol. The van der Waals surface area contributed by atoms with Crippen molar-refractivity contribution in [2.75, 3.05) is 0 Å². The minimum absolute atomic E-state index is 0.182. The van der Waals surface area contributed by atoms with E-state index >= 15 is 0 Å². The molecule has 2 heterocycles. The number of carbonyl (C=O) groups excluding carboxylic acids is 2. The molecule has 0 aliphatic carbocycles. The molecule has 1 unspecified atom stereocenters. The smallest absolute Gasteiger partial charge is 0.455 e. The summed E-state index contributed by atoms with van der Waals surface area (Å²) in [6.45, 7) is 6.20. The van der Waals surface area contributed by atoms with E-state index in [-0.39, 0.29) is 12.8 Å². The first-order chi connectivity index (χ1) is 11.2. The summed E-state index contributed by atoms with van der Waals surface area (Å²) in [5, 5.41) is 0. The van der Waals surface area contributed by atoms with Crippen LogP contribution >= 0.6 is 0 Å². The first kappa shape index (κ1) is 19.5. The molecule has 2 aliphatic rings. The number of ether oxygens (including phenoxy) is 1. The van der Waals surface area contributed by atoms with Crippen LogP contribution in [0.25, 0.3) is 0 Å². The van der Waals surface area contributed by atoms with E-state index in [2.05, 4.69) is 4.18 Å². The summed E-state index contributed by atoms with van der Waals surface area (Å²) in [4.78, 5) is 25.4. The molecule has 0 aromatic heterocycles. The monoisotopic (exact) mass is 385 g/mol. The maximum absolute atomic E-state index is 12.6. The molecule has 0 N–H and O–H groups in total. The van der Waals surface area contributed by atoms with E-state index in [1.807, 2.05) is 0 Å². The third kappa shape index (κ3) is 3.60. The van der Waals surface area contributed by atoms with E-state index in [4.69, 9.17) is 4.74 Å². The first-order valence-electron chi connectivity index (χ1n) is 7.46. The predicted molar refractivity (Wildman–Crippen MR) is 78.0 cm³/mol. The maximum atomic E-state index is 12.6. The molecule has 0 radical (unpaired) electrons. The van der Waals surface area contributed by atoms with Crippen LogP contribution in [0.15, 0.2) is 11.5 Å². The van der Waals surface area contributed by atoms with Crippen molar-refractivity contribution in [2.24, 2.45) is 5.92 Å². The molecule has 0 saturated carbocycles. The lowest BCUT2D eigenvalue weighted by atomic mass is 9.82. The van der Waals surface area contributed by atoms with Crippen LogP contribution in [-0.4, -0.2) is 42.3 Å². The predicted octanol–water partition coefficient (Wildman–Crippen LogP) is 2.05. The Labute approximate surface area is 142 Å². The molecule has 7 nitrogen and oxygen atoms in total. The van der Waals surface area contributed by atoms with Crippen molar-refractivity contribution in [1.29, 1.82) is 0 Å². The van der Waals surface area contributed by atoms with Gasteiger partial charge in [-0.2, -0.15) is 21.6 Å². The van der Waals surface area contributed by atoms with Gasteiger partial charge in [0, 0.05) is 12.5 Å². The van der Waals surface area contributed by atoms with E-state index < -0.39 is 56.5 Å². The van der Waals surface area contributed by atoms with Gasteiger partial charge in [-0.15, -0.1) is 0 Å². The minimum atomic E-state index is -5.96. The van der Waals surface area contributed by atoms with Crippen LogP contribution in [0, 0.1) is 5.92 Å². The minimum Gasteiger partial charge on any atom is -0.455 e. The SMILES string of the molecule is C[C@@H]1C(=O)N2C(C(=O)OC(C)(C)C)=C(OS(=O)(=O)C(F)(F)F)CCC12. The molecule has 0 bridgehead atoms. The van der Waals surface area contributed by atoms with Crippen LogP contribution in [0.1, 0.15) is 40.5 Å². The lowest BCUT2D eigenvalue weighted by molar-refractivity contribution is -0.164. The Morgan fingerprint density at radius 1 is 1.24 bits per heavy atom. The van der Waals surface area contributed by atoms with Crippen LogP contribution in [0.5, 0.6) is 0 Å². The van der Waals surface area contributed by atoms with E-state index in [0.717, 1.165) is 4.90 Å². The number of alkyl halides is 3. The zero-order chi connectivity index (χ0) is 19.4. The van der Waals surface area contributed by atoms with Crippen LogP contribution in [-0.2, 0) is 28.6 Å². The fourth-order valence-electron chi connectivity index (χ4n) is 2.68. The van der Waals surface area contributed by atoms with Crippen LogP contribution in [0.4, 0.5) is 13.2 Å². The van der Waals surface area contributed by atoms with Gasteiger partial charge in [-0.1, -0.05) is 6.92 Å². The highest BCUT2D eigenvalue weighted by molar-refractivity contribution is 7.87. The number of hydrogen-bond donors (Lipinski definition) is 0. The number of fused-ring (bicyclic) bond motifs is 1. The second-order valence-corrected chi connectivity index (χ2v) is 8.40. The highest BCUT2D eigenvalue weighted by Gasteiger charge is 2.54. The average Bonchev–Trinajstić information content (AvgIpc) is 2.42. The van der Waals surface area contributed by atoms with Gasteiger partial charge in [0.2, 0.25) is 5.91 Å². The van der Waals surface area contributed by atoms with Crippen molar-refractivity contribution in [1.82, 2.24) is 4.90 Å². The van der Waals surface area contributed by atoms with Crippen LogP contribution < -0.4 is 0 Å². The van der Waals surface area contributed by atoms with Gasteiger partial charge in [0.05, 0.1) is 5.92 Å². The Morgan fingerprint density at radius 3 is 2.28 bits per heavy atom. The molecule has 142 valence electrons. The molecule has 1 fully saturated rings. The molecule has 0 spiro atoms. The summed E-state index contributed by atoms with van der Waals surface area (Å²) < 4.78 is 69.6. The maximum Gasteiger partial charge on any atom is 0.534 e. The number of allylic oxidation sites excluding steroid dienone is 1. The Morgan fingerprint density at radius 2 is 1.80 bits per heavy atom. The van der Waals surface area contributed by atoms with Gasteiger partial charge in [-0.05, 0) is 27.2 Å². The molecule has 0 aromatic rings. The van der Waals surface area contributed by atoms with E-state index in [1.165, 1.54) is 20.8 Å². The number of rotatable bonds is 3. The highest BCUT2D eigenvalue weighted by atomic mass is 32.2. The molecule has 0 aromatic carbocycles. The van der Waals surface area contributed by atoms with Gasteiger partial charge in [-0.25, -0.2) is 4.79 Å². The molecule has 2 aliphatic heterocycles. The largest absolute Gasteiger partial charge is 0.534 e. The number of nitrogens with zero attached hydrogens (tertiary/aromatic N) is 1. The molecule has 25 heavy (non-hydrogen) atoms. The van der Waals surface area contributed by atoms with Crippen molar-refractivity contribution in [3.63, 3.8) is 0 Å². The fraction of sp³-hybridized carbons (Fsp3) is 0.714. The summed E-state index contributed by atoms with van der Waals surface area (Å²) in [7, 11) is -5.96. The van der Waals surface area contributed by atoms with Crippen molar-refractivity contribution in [3.8, 4) is 0 Å². The molecular formula is C14H18F3NO6S. The molecule has 2 atom stereocenters. The fourth-order valence-corrected chi connectivity index (χ4v) is 3.20. The zero-order valence-electron chi connectivity index (χ0n) is 14.0. The quantitative estimate of drug-likeness (QED) is 0.320. The third-order valence-electron chi connectivity index (χ3n) is 3.79. The second kappa shape index (κ2) is 5.89. The number of β-lactam (4-membered cyclic amide) rings is 1. The van der Waals surface area contributed by atoms with Gasteiger partial charge in [0.1, 0.15) is 5.60 Å². The summed E-state index contributed by atoms with van der Waals surface area (Å²) >= 11 is 0.